The Labute approximate surface area is 190 Å². The van der Waals surface area contributed by atoms with Crippen LogP contribution < -0.4 is 4.90 Å². The second-order valence-corrected chi connectivity index (χ2v) is 8.31. The van der Waals surface area contributed by atoms with Gasteiger partial charge in [-0.1, -0.05) is 66.7 Å². The number of carbonyl (C=O) groups excluding carboxylic acids is 1. The topological polar surface area (TPSA) is 33.2 Å². The summed E-state index contributed by atoms with van der Waals surface area (Å²) in [5.41, 5.74) is 5.06. The molecular weight excluding hydrogens is 412 g/mol. The van der Waals surface area contributed by atoms with Gasteiger partial charge in [-0.3, -0.25) is 4.79 Å². The average Bonchev–Trinajstić information content (AvgIpc) is 3.29. The minimum absolute atomic E-state index is 0.0783. The molecule has 0 atom stereocenters. The molecule has 0 unspecified atom stereocenters. The monoisotopic (exact) mass is 432 g/mol. The summed E-state index contributed by atoms with van der Waals surface area (Å²) in [6.07, 6.45) is 3.44. The third-order valence-electron chi connectivity index (χ3n) is 5.11. The van der Waals surface area contributed by atoms with Gasteiger partial charge in [0.15, 0.2) is 5.01 Å². The van der Waals surface area contributed by atoms with Crippen LogP contribution >= 0.6 is 11.3 Å². The zero-order valence-corrected chi connectivity index (χ0v) is 18.1. The van der Waals surface area contributed by atoms with Crippen molar-refractivity contribution in [2.24, 2.45) is 0 Å². The van der Waals surface area contributed by atoms with Crippen LogP contribution in [0.3, 0.4) is 0 Å². The van der Waals surface area contributed by atoms with Crippen LogP contribution in [0.5, 0.6) is 0 Å². The highest BCUT2D eigenvalue weighted by Crippen LogP contribution is 2.34. The predicted octanol–water partition coefficient (Wildman–Crippen LogP) is 7.66. The number of para-hydroxylation sites is 3. The van der Waals surface area contributed by atoms with E-state index >= 15 is 0 Å². The molecule has 0 aliphatic heterocycles. The van der Waals surface area contributed by atoms with Crippen molar-refractivity contribution in [1.82, 2.24) is 4.98 Å². The van der Waals surface area contributed by atoms with Crippen LogP contribution in [0.15, 0.2) is 115 Å². The zero-order chi connectivity index (χ0) is 21.8. The van der Waals surface area contributed by atoms with E-state index in [1.54, 1.807) is 6.08 Å². The van der Waals surface area contributed by atoms with Crippen molar-refractivity contribution in [2.75, 3.05) is 4.90 Å². The fourth-order valence-electron chi connectivity index (χ4n) is 3.56. The summed E-state index contributed by atoms with van der Waals surface area (Å²) < 4.78 is 1.02. The van der Waals surface area contributed by atoms with Gasteiger partial charge >= 0.3 is 0 Å². The van der Waals surface area contributed by atoms with Gasteiger partial charge in [-0.25, -0.2) is 4.98 Å². The van der Waals surface area contributed by atoms with Crippen LogP contribution in [0.1, 0.15) is 15.4 Å². The Morgan fingerprint density at radius 2 is 1.25 bits per heavy atom. The number of hydrogen-bond acceptors (Lipinski definition) is 4. The summed E-state index contributed by atoms with van der Waals surface area (Å²) in [7, 11) is 0. The van der Waals surface area contributed by atoms with Gasteiger partial charge in [-0.15, -0.1) is 11.3 Å². The first-order chi connectivity index (χ1) is 15.8. The van der Waals surface area contributed by atoms with Gasteiger partial charge in [-0.2, -0.15) is 0 Å². The fourth-order valence-corrected chi connectivity index (χ4v) is 4.44. The van der Waals surface area contributed by atoms with Crippen LogP contribution in [0, 0.1) is 0 Å². The third-order valence-corrected chi connectivity index (χ3v) is 6.16. The van der Waals surface area contributed by atoms with Crippen molar-refractivity contribution >= 4 is 50.5 Å². The molecule has 0 spiro atoms. The first kappa shape index (κ1) is 19.9. The lowest BCUT2D eigenvalue weighted by molar-refractivity contribution is 0.104. The van der Waals surface area contributed by atoms with Crippen LogP contribution in [-0.4, -0.2) is 10.8 Å². The van der Waals surface area contributed by atoms with E-state index in [1.807, 2.05) is 78.9 Å². The number of ketones is 1. The molecule has 154 valence electrons. The van der Waals surface area contributed by atoms with E-state index in [1.165, 1.54) is 11.3 Å². The van der Waals surface area contributed by atoms with Crippen LogP contribution in [0.25, 0.3) is 16.3 Å². The number of anilines is 3. The van der Waals surface area contributed by atoms with Crippen molar-refractivity contribution in [3.05, 3.63) is 126 Å². The molecule has 4 heteroatoms. The van der Waals surface area contributed by atoms with Gasteiger partial charge in [-0.05, 0) is 60.2 Å². The Morgan fingerprint density at radius 3 is 1.88 bits per heavy atom. The minimum atomic E-state index is -0.0783. The van der Waals surface area contributed by atoms with E-state index in [0.29, 0.717) is 5.01 Å². The molecule has 3 nitrogen and oxygen atoms in total. The standard InChI is InChI=1S/C28H20N2OS/c31-26(28-29-25-13-7-8-14-27(25)32-28)20-17-21-15-18-24(19-16-21)30(22-9-3-1-4-10-22)23-11-5-2-6-12-23/h1-20H. The van der Waals surface area contributed by atoms with Gasteiger partial charge in [0.2, 0.25) is 5.78 Å². The van der Waals surface area contributed by atoms with Crippen molar-refractivity contribution in [1.29, 1.82) is 0 Å². The Hall–Kier alpha value is -4.02. The maximum absolute atomic E-state index is 12.6. The van der Waals surface area contributed by atoms with Crippen molar-refractivity contribution in [3.63, 3.8) is 0 Å². The summed E-state index contributed by atoms with van der Waals surface area (Å²) in [5.74, 6) is -0.0783. The Bertz CT molecular complexity index is 1300. The molecule has 1 aromatic heterocycles. The SMILES string of the molecule is O=C(C=Cc1ccc(N(c2ccccc2)c2ccccc2)cc1)c1nc2ccccc2s1. The van der Waals surface area contributed by atoms with Crippen LogP contribution in [0.4, 0.5) is 17.1 Å². The molecule has 0 saturated heterocycles. The maximum atomic E-state index is 12.6. The van der Waals surface area contributed by atoms with Crippen molar-refractivity contribution in [2.45, 2.75) is 0 Å². The zero-order valence-electron chi connectivity index (χ0n) is 17.3. The van der Waals surface area contributed by atoms with E-state index in [-0.39, 0.29) is 5.78 Å². The normalized spacial score (nSPS) is 11.1. The molecule has 1 heterocycles. The molecule has 0 amide bonds. The quantitative estimate of drug-likeness (QED) is 0.204. The number of carbonyl (C=O) groups is 1. The average molecular weight is 433 g/mol. The second kappa shape index (κ2) is 9.00. The molecule has 0 N–H and O–H groups in total. The smallest absolute Gasteiger partial charge is 0.214 e. The molecule has 5 aromatic rings. The molecule has 0 fully saturated rings. The first-order valence-electron chi connectivity index (χ1n) is 10.4. The molecule has 0 saturated carbocycles. The second-order valence-electron chi connectivity index (χ2n) is 7.28. The molecule has 0 radical (unpaired) electrons. The molecular formula is C28H20N2OS. The third kappa shape index (κ3) is 4.22. The molecule has 0 aliphatic carbocycles. The van der Waals surface area contributed by atoms with Crippen LogP contribution in [-0.2, 0) is 0 Å². The van der Waals surface area contributed by atoms with Gasteiger partial charge in [0.05, 0.1) is 10.2 Å². The first-order valence-corrected chi connectivity index (χ1v) is 11.2. The summed E-state index contributed by atoms with van der Waals surface area (Å²) in [5, 5.41) is 0.512. The maximum Gasteiger partial charge on any atom is 0.214 e. The molecule has 0 aliphatic rings. The number of nitrogens with zero attached hydrogens (tertiary/aromatic N) is 2. The minimum Gasteiger partial charge on any atom is -0.311 e. The number of aromatic nitrogens is 1. The van der Waals surface area contributed by atoms with Gasteiger partial charge in [0.1, 0.15) is 0 Å². The molecule has 5 rings (SSSR count). The molecule has 0 bridgehead atoms. The lowest BCUT2D eigenvalue weighted by atomic mass is 10.1. The van der Waals surface area contributed by atoms with E-state index in [4.69, 9.17) is 0 Å². The summed E-state index contributed by atoms with van der Waals surface area (Å²) in [6, 6.07) is 36.6. The number of thiazole rings is 1. The van der Waals surface area contributed by atoms with Crippen molar-refractivity contribution in [3.8, 4) is 0 Å². The number of allylic oxidation sites excluding steroid dienone is 1. The van der Waals surface area contributed by atoms with Crippen molar-refractivity contribution < 1.29 is 4.79 Å². The van der Waals surface area contributed by atoms with E-state index < -0.39 is 0 Å². The number of benzene rings is 4. The lowest BCUT2D eigenvalue weighted by Gasteiger charge is -2.25. The number of hydrogen-bond donors (Lipinski definition) is 0. The molecule has 4 aromatic carbocycles. The Morgan fingerprint density at radius 1 is 0.688 bits per heavy atom. The lowest BCUT2D eigenvalue weighted by Crippen LogP contribution is -2.09. The highest BCUT2D eigenvalue weighted by Gasteiger charge is 2.12. The van der Waals surface area contributed by atoms with Gasteiger partial charge < -0.3 is 4.90 Å². The van der Waals surface area contributed by atoms with E-state index in [9.17, 15) is 4.79 Å². The Kier molecular flexibility index (Phi) is 5.60. The predicted molar refractivity (Wildman–Crippen MR) is 134 cm³/mol. The highest BCUT2D eigenvalue weighted by molar-refractivity contribution is 7.20. The van der Waals surface area contributed by atoms with Gasteiger partial charge in [0.25, 0.3) is 0 Å². The summed E-state index contributed by atoms with van der Waals surface area (Å²) >= 11 is 1.42. The summed E-state index contributed by atoms with van der Waals surface area (Å²) in [4.78, 5) is 19.2. The summed E-state index contributed by atoms with van der Waals surface area (Å²) in [6.45, 7) is 0. The number of rotatable bonds is 6. The number of fused-ring (bicyclic) bond motifs is 1. The van der Waals surface area contributed by atoms with E-state index in [0.717, 1.165) is 32.8 Å². The Balaban J connectivity index is 1.39. The largest absolute Gasteiger partial charge is 0.311 e. The molecule has 32 heavy (non-hydrogen) atoms. The van der Waals surface area contributed by atoms with Crippen LogP contribution in [0.2, 0.25) is 0 Å². The van der Waals surface area contributed by atoms with Gasteiger partial charge in [0, 0.05) is 17.1 Å². The van der Waals surface area contributed by atoms with E-state index in [2.05, 4.69) is 46.3 Å². The fraction of sp³-hybridized carbons (Fsp3) is 0. The highest BCUT2D eigenvalue weighted by atomic mass is 32.1.